The first-order valence-corrected chi connectivity index (χ1v) is 7.00. The summed E-state index contributed by atoms with van der Waals surface area (Å²) >= 11 is 0. The molecule has 1 aliphatic heterocycles. The number of allylic oxidation sites excluding steroid dienone is 1. The average molecular weight is 269 g/mol. The number of hydrogen-bond donors (Lipinski definition) is 3. The van der Waals surface area contributed by atoms with Gasteiger partial charge in [0.25, 0.3) is 0 Å². The molecule has 0 spiro atoms. The molecule has 0 aliphatic carbocycles. The lowest BCUT2D eigenvalue weighted by Gasteiger charge is -2.27. The monoisotopic (exact) mass is 269 g/mol. The molecule has 19 heavy (non-hydrogen) atoms. The highest BCUT2D eigenvalue weighted by molar-refractivity contribution is 5.79. The summed E-state index contributed by atoms with van der Waals surface area (Å²) in [7, 11) is 1.77. The molecule has 0 aromatic heterocycles. The quantitative estimate of drug-likeness (QED) is 0.278. The van der Waals surface area contributed by atoms with Crippen LogP contribution in [0.25, 0.3) is 0 Å². The van der Waals surface area contributed by atoms with Crippen LogP contribution in [0.15, 0.2) is 17.1 Å². The van der Waals surface area contributed by atoms with E-state index in [4.69, 9.17) is 4.74 Å². The molecule has 1 heterocycles. The zero-order valence-electron chi connectivity index (χ0n) is 12.1. The van der Waals surface area contributed by atoms with Crippen LogP contribution < -0.4 is 10.6 Å². The second-order valence-corrected chi connectivity index (χ2v) is 4.99. The number of nitrogens with one attached hydrogen (secondary N) is 2. The fraction of sp³-hybridized carbons (Fsp3) is 0.786. The lowest BCUT2D eigenvalue weighted by atomic mass is 9.84. The Kier molecular flexibility index (Phi) is 7.52. The Balaban J connectivity index is 2.34. The first-order chi connectivity index (χ1) is 9.26. The summed E-state index contributed by atoms with van der Waals surface area (Å²) in [6, 6.07) is 0. The van der Waals surface area contributed by atoms with E-state index in [1.165, 1.54) is 0 Å². The summed E-state index contributed by atoms with van der Waals surface area (Å²) in [6.45, 7) is 5.39. The molecule has 0 aromatic carbocycles. The van der Waals surface area contributed by atoms with E-state index in [2.05, 4.69) is 21.7 Å². The van der Waals surface area contributed by atoms with Crippen LogP contribution in [0.5, 0.6) is 0 Å². The van der Waals surface area contributed by atoms with Crippen molar-refractivity contribution in [2.75, 3.05) is 40.0 Å². The molecule has 110 valence electrons. The van der Waals surface area contributed by atoms with E-state index >= 15 is 0 Å². The van der Waals surface area contributed by atoms with Gasteiger partial charge >= 0.3 is 0 Å². The molecule has 5 heteroatoms. The highest BCUT2D eigenvalue weighted by atomic mass is 16.5. The summed E-state index contributed by atoms with van der Waals surface area (Å²) < 4.78 is 5.47. The van der Waals surface area contributed by atoms with Gasteiger partial charge in [0.05, 0.1) is 6.61 Å². The minimum absolute atomic E-state index is 0.0513. The van der Waals surface area contributed by atoms with Crippen LogP contribution in [0.1, 0.15) is 26.2 Å². The lowest BCUT2D eigenvalue weighted by molar-refractivity contribution is 0.127. The molecule has 1 saturated heterocycles. The van der Waals surface area contributed by atoms with Crippen molar-refractivity contribution in [3.8, 4) is 0 Å². The van der Waals surface area contributed by atoms with Crippen LogP contribution >= 0.6 is 0 Å². The first kappa shape index (κ1) is 16.0. The third-order valence-electron chi connectivity index (χ3n) is 3.52. The van der Waals surface area contributed by atoms with Crippen LogP contribution in [0.4, 0.5) is 0 Å². The van der Waals surface area contributed by atoms with Crippen LogP contribution in [0.2, 0.25) is 0 Å². The van der Waals surface area contributed by atoms with Crippen molar-refractivity contribution in [3.63, 3.8) is 0 Å². The van der Waals surface area contributed by atoms with Gasteiger partial charge in [-0.1, -0.05) is 12.2 Å². The van der Waals surface area contributed by atoms with Gasteiger partial charge in [0.15, 0.2) is 5.96 Å². The largest absolute Gasteiger partial charge is 0.396 e. The summed E-state index contributed by atoms with van der Waals surface area (Å²) in [5, 5.41) is 15.8. The maximum Gasteiger partial charge on any atom is 0.191 e. The van der Waals surface area contributed by atoms with Gasteiger partial charge in [0, 0.05) is 38.8 Å². The van der Waals surface area contributed by atoms with E-state index in [0.29, 0.717) is 0 Å². The van der Waals surface area contributed by atoms with Gasteiger partial charge < -0.3 is 20.5 Å². The van der Waals surface area contributed by atoms with Gasteiger partial charge in [0.1, 0.15) is 0 Å². The lowest BCUT2D eigenvalue weighted by Crippen LogP contribution is -2.44. The van der Waals surface area contributed by atoms with Crippen molar-refractivity contribution in [3.05, 3.63) is 12.2 Å². The second-order valence-electron chi connectivity index (χ2n) is 4.99. The van der Waals surface area contributed by atoms with Gasteiger partial charge in [-0.2, -0.15) is 0 Å². The topological polar surface area (TPSA) is 65.9 Å². The zero-order valence-corrected chi connectivity index (χ0v) is 12.1. The van der Waals surface area contributed by atoms with E-state index < -0.39 is 0 Å². The number of rotatable bonds is 7. The third-order valence-corrected chi connectivity index (χ3v) is 3.52. The second kappa shape index (κ2) is 8.93. The molecule has 1 atom stereocenters. The Labute approximate surface area is 116 Å². The normalized spacial score (nSPS) is 24.1. The predicted octanol–water partition coefficient (Wildman–Crippen LogP) is 0.907. The van der Waals surface area contributed by atoms with E-state index in [1.54, 1.807) is 7.05 Å². The van der Waals surface area contributed by atoms with Gasteiger partial charge in [-0.05, 0) is 26.2 Å². The molecule has 0 radical (unpaired) electrons. The predicted molar refractivity (Wildman–Crippen MR) is 78.4 cm³/mol. The number of nitrogens with zero attached hydrogens (tertiary/aromatic N) is 1. The molecule has 1 fully saturated rings. The minimum atomic E-state index is 0.0513. The van der Waals surface area contributed by atoms with Crippen molar-refractivity contribution in [1.82, 2.24) is 10.6 Å². The molecule has 5 nitrogen and oxygen atoms in total. The summed E-state index contributed by atoms with van der Waals surface area (Å²) in [6.07, 6.45) is 6.93. The SMILES string of the molecule is C/C=C/CCNC(=NC)NCC1(CCO)CCOC1. The molecule has 1 unspecified atom stereocenters. The number of hydrogen-bond acceptors (Lipinski definition) is 3. The molecule has 3 N–H and O–H groups in total. The molecule has 1 rings (SSSR count). The van der Waals surface area contributed by atoms with Crippen molar-refractivity contribution in [2.24, 2.45) is 10.4 Å². The molecule has 1 aliphatic rings. The van der Waals surface area contributed by atoms with Crippen LogP contribution in [0.3, 0.4) is 0 Å². The molecule has 0 saturated carbocycles. The smallest absolute Gasteiger partial charge is 0.191 e. The fourth-order valence-electron chi connectivity index (χ4n) is 2.24. The average Bonchev–Trinajstić information content (AvgIpc) is 2.87. The molecular formula is C14H27N3O2. The molecular weight excluding hydrogens is 242 g/mol. The van der Waals surface area contributed by atoms with Crippen molar-refractivity contribution in [2.45, 2.75) is 26.2 Å². The highest BCUT2D eigenvalue weighted by Crippen LogP contribution is 2.31. The van der Waals surface area contributed by atoms with Gasteiger partial charge in [0.2, 0.25) is 0 Å². The molecule has 0 aromatic rings. The first-order valence-electron chi connectivity index (χ1n) is 7.00. The number of aliphatic imine (C=N–C) groups is 1. The summed E-state index contributed by atoms with van der Waals surface area (Å²) in [5.74, 6) is 0.814. The third kappa shape index (κ3) is 5.61. The van der Waals surface area contributed by atoms with Crippen LogP contribution in [-0.2, 0) is 4.74 Å². The maximum atomic E-state index is 9.18. The van der Waals surface area contributed by atoms with Gasteiger partial charge in [-0.25, -0.2) is 0 Å². The Hall–Kier alpha value is -1.07. The Morgan fingerprint density at radius 2 is 2.32 bits per heavy atom. The zero-order chi connectivity index (χ0) is 14.0. The molecule has 0 bridgehead atoms. The standard InChI is InChI=1S/C14H27N3O2/c1-3-4-5-8-16-13(15-2)17-11-14(6-9-18)7-10-19-12-14/h3-4,18H,5-12H2,1-2H3,(H2,15,16,17)/b4-3+. The Morgan fingerprint density at radius 1 is 1.47 bits per heavy atom. The Morgan fingerprint density at radius 3 is 2.89 bits per heavy atom. The number of aliphatic hydroxyl groups is 1. The number of aliphatic hydroxyl groups excluding tert-OH is 1. The van der Waals surface area contributed by atoms with Crippen molar-refractivity contribution in [1.29, 1.82) is 0 Å². The van der Waals surface area contributed by atoms with Crippen molar-refractivity contribution >= 4 is 5.96 Å². The van der Waals surface area contributed by atoms with E-state index in [-0.39, 0.29) is 12.0 Å². The van der Waals surface area contributed by atoms with E-state index in [9.17, 15) is 5.11 Å². The van der Waals surface area contributed by atoms with Crippen LogP contribution in [0, 0.1) is 5.41 Å². The van der Waals surface area contributed by atoms with Gasteiger partial charge in [-0.3, -0.25) is 4.99 Å². The summed E-state index contributed by atoms with van der Waals surface area (Å²) in [4.78, 5) is 4.20. The van der Waals surface area contributed by atoms with E-state index in [1.807, 2.05) is 13.0 Å². The summed E-state index contributed by atoms with van der Waals surface area (Å²) in [5.41, 5.74) is 0.0513. The van der Waals surface area contributed by atoms with Crippen LogP contribution in [-0.4, -0.2) is 51.0 Å². The van der Waals surface area contributed by atoms with Gasteiger partial charge in [-0.15, -0.1) is 0 Å². The fourth-order valence-corrected chi connectivity index (χ4v) is 2.24. The minimum Gasteiger partial charge on any atom is -0.396 e. The maximum absolute atomic E-state index is 9.18. The van der Waals surface area contributed by atoms with E-state index in [0.717, 1.165) is 51.5 Å². The highest BCUT2D eigenvalue weighted by Gasteiger charge is 2.34. The Bertz CT molecular complexity index is 297. The van der Waals surface area contributed by atoms with Crippen molar-refractivity contribution < 1.29 is 9.84 Å². The number of ether oxygens (including phenoxy) is 1. The number of guanidine groups is 1. The molecule has 0 amide bonds.